The molecule has 0 spiro atoms. The maximum Gasteiger partial charge on any atom is 0.433 e. The first-order chi connectivity index (χ1) is 15.4. The Morgan fingerprint density at radius 2 is 1.73 bits per heavy atom. The molecule has 1 aliphatic rings. The van der Waals surface area contributed by atoms with Gasteiger partial charge in [0, 0.05) is 44.2 Å². The van der Waals surface area contributed by atoms with Crippen LogP contribution in [-0.4, -0.2) is 56.5 Å². The first-order valence-corrected chi connectivity index (χ1v) is 11.0. The van der Waals surface area contributed by atoms with Gasteiger partial charge in [-0.25, -0.2) is 9.50 Å². The Balaban J connectivity index is 1.53. The quantitative estimate of drug-likeness (QED) is 0.586. The molecule has 3 heterocycles. The molecule has 4 rings (SSSR count). The molecule has 0 atom stereocenters. The van der Waals surface area contributed by atoms with Gasteiger partial charge in [0.1, 0.15) is 5.69 Å². The summed E-state index contributed by atoms with van der Waals surface area (Å²) in [5.74, 6) is -0.374. The summed E-state index contributed by atoms with van der Waals surface area (Å²) in [5, 5.41) is 4.00. The largest absolute Gasteiger partial charge is 0.433 e. The zero-order valence-corrected chi connectivity index (χ0v) is 19.3. The molecule has 6 nitrogen and oxygen atoms in total. The average molecular weight is 460 g/mol. The highest BCUT2D eigenvalue weighted by Crippen LogP contribution is 2.32. The summed E-state index contributed by atoms with van der Waals surface area (Å²) in [5.41, 5.74) is 1.21. The monoisotopic (exact) mass is 459 g/mol. The number of carbonyl (C=O) groups is 1. The van der Waals surface area contributed by atoms with E-state index in [2.05, 4.69) is 40.1 Å². The maximum absolute atomic E-state index is 13.7. The van der Waals surface area contributed by atoms with Crippen molar-refractivity contribution in [2.75, 3.05) is 26.2 Å². The molecular weight excluding hydrogens is 431 g/mol. The van der Waals surface area contributed by atoms with Gasteiger partial charge in [-0.1, -0.05) is 50.6 Å². The van der Waals surface area contributed by atoms with E-state index in [-0.39, 0.29) is 17.2 Å². The third-order valence-electron chi connectivity index (χ3n) is 5.85. The number of benzene rings is 1. The summed E-state index contributed by atoms with van der Waals surface area (Å²) < 4.78 is 41.9. The highest BCUT2D eigenvalue weighted by molar-refractivity contribution is 5.93. The lowest BCUT2D eigenvalue weighted by molar-refractivity contribution is -0.142. The van der Waals surface area contributed by atoms with E-state index in [0.29, 0.717) is 31.9 Å². The van der Waals surface area contributed by atoms with E-state index in [4.69, 9.17) is 0 Å². The third-order valence-corrected chi connectivity index (χ3v) is 5.85. The minimum absolute atomic E-state index is 0.0220. The molecule has 33 heavy (non-hydrogen) atoms. The third kappa shape index (κ3) is 5.03. The molecule has 1 aromatic carbocycles. The summed E-state index contributed by atoms with van der Waals surface area (Å²) in [6.07, 6.45) is -4.62. The highest BCUT2D eigenvalue weighted by Gasteiger charge is 2.37. The number of amides is 1. The minimum Gasteiger partial charge on any atom is -0.335 e. The predicted molar refractivity (Wildman–Crippen MR) is 119 cm³/mol. The maximum atomic E-state index is 13.7. The molecule has 0 radical (unpaired) electrons. The van der Waals surface area contributed by atoms with Crippen LogP contribution in [0.5, 0.6) is 0 Å². The molecule has 1 fully saturated rings. The van der Waals surface area contributed by atoms with Crippen molar-refractivity contribution in [3.05, 3.63) is 64.6 Å². The van der Waals surface area contributed by atoms with Gasteiger partial charge in [0.25, 0.3) is 5.91 Å². The van der Waals surface area contributed by atoms with E-state index < -0.39 is 17.3 Å². The number of hydrogen-bond donors (Lipinski definition) is 0. The molecule has 3 aromatic rings. The Bertz CT molecular complexity index is 1170. The molecular formula is C24H28F3N5O. The molecule has 0 bridgehead atoms. The van der Waals surface area contributed by atoms with Crippen LogP contribution < -0.4 is 0 Å². The van der Waals surface area contributed by atoms with E-state index in [0.717, 1.165) is 17.1 Å². The Kier molecular flexibility index (Phi) is 5.94. The van der Waals surface area contributed by atoms with Crippen LogP contribution in [0.4, 0.5) is 13.2 Å². The number of hydrogen-bond acceptors (Lipinski definition) is 4. The van der Waals surface area contributed by atoms with Crippen molar-refractivity contribution < 1.29 is 18.0 Å². The van der Waals surface area contributed by atoms with Gasteiger partial charge in [0.2, 0.25) is 0 Å². The van der Waals surface area contributed by atoms with E-state index >= 15 is 0 Å². The number of aromatic nitrogens is 3. The number of halogens is 3. The van der Waals surface area contributed by atoms with Crippen molar-refractivity contribution in [1.82, 2.24) is 24.4 Å². The predicted octanol–water partition coefficient (Wildman–Crippen LogP) is 4.31. The van der Waals surface area contributed by atoms with Crippen LogP contribution in [0.2, 0.25) is 0 Å². The Morgan fingerprint density at radius 3 is 2.33 bits per heavy atom. The second kappa shape index (κ2) is 8.44. The van der Waals surface area contributed by atoms with Crippen molar-refractivity contribution in [2.45, 2.75) is 45.8 Å². The number of carbonyl (C=O) groups excluding carboxylic acids is 1. The van der Waals surface area contributed by atoms with E-state index in [1.54, 1.807) is 25.7 Å². The summed E-state index contributed by atoms with van der Waals surface area (Å²) in [6, 6.07) is 10.7. The van der Waals surface area contributed by atoms with Crippen molar-refractivity contribution in [3.63, 3.8) is 0 Å². The molecule has 176 valence electrons. The lowest BCUT2D eigenvalue weighted by atomic mass is 9.91. The number of fused-ring (bicyclic) bond motifs is 1. The summed E-state index contributed by atoms with van der Waals surface area (Å²) in [6.45, 7) is 10.6. The zero-order valence-electron chi connectivity index (χ0n) is 19.3. The van der Waals surface area contributed by atoms with Crippen molar-refractivity contribution >= 4 is 11.6 Å². The van der Waals surface area contributed by atoms with Crippen LogP contribution in [0.15, 0.2) is 36.4 Å². The van der Waals surface area contributed by atoms with Gasteiger partial charge >= 0.3 is 6.18 Å². The fourth-order valence-electron chi connectivity index (χ4n) is 4.00. The minimum atomic E-state index is -4.62. The lowest BCUT2D eigenvalue weighted by Crippen LogP contribution is -2.48. The topological polar surface area (TPSA) is 53.7 Å². The Morgan fingerprint density at radius 1 is 1.03 bits per heavy atom. The first-order valence-electron chi connectivity index (χ1n) is 11.0. The smallest absolute Gasteiger partial charge is 0.335 e. The molecule has 1 saturated heterocycles. The van der Waals surface area contributed by atoms with Crippen LogP contribution in [-0.2, 0) is 18.1 Å². The molecule has 1 amide bonds. The molecule has 0 unspecified atom stereocenters. The summed E-state index contributed by atoms with van der Waals surface area (Å²) in [4.78, 5) is 21.3. The average Bonchev–Trinajstić information content (AvgIpc) is 3.16. The standard InChI is InChI=1S/C24H28F3N5O/c1-16-6-5-7-17(12-16)15-30-8-10-31(11-9-30)22(33)18-13-21-28-19(23(2,3)4)14-20(24(25,26)27)32(21)29-18/h5-7,12-14H,8-11,15H2,1-4H3. The van der Waals surface area contributed by atoms with Gasteiger partial charge in [0.15, 0.2) is 11.3 Å². The lowest BCUT2D eigenvalue weighted by Gasteiger charge is -2.34. The fraction of sp³-hybridized carbons (Fsp3) is 0.458. The van der Waals surface area contributed by atoms with Gasteiger partial charge in [-0.2, -0.15) is 18.3 Å². The van der Waals surface area contributed by atoms with Crippen LogP contribution in [0.3, 0.4) is 0 Å². The van der Waals surface area contributed by atoms with Gasteiger partial charge in [-0.05, 0) is 18.6 Å². The van der Waals surface area contributed by atoms with E-state index in [9.17, 15) is 18.0 Å². The highest BCUT2D eigenvalue weighted by atomic mass is 19.4. The second-order valence-electron chi connectivity index (χ2n) is 9.63. The summed E-state index contributed by atoms with van der Waals surface area (Å²) >= 11 is 0. The molecule has 0 N–H and O–H groups in total. The van der Waals surface area contributed by atoms with Crippen LogP contribution in [0.25, 0.3) is 5.65 Å². The second-order valence-corrected chi connectivity index (χ2v) is 9.63. The first kappa shape index (κ1) is 23.2. The van der Waals surface area contributed by atoms with E-state index in [1.807, 2.05) is 6.07 Å². The number of nitrogens with zero attached hydrogens (tertiary/aromatic N) is 5. The molecule has 1 aliphatic heterocycles. The molecule has 0 saturated carbocycles. The number of aryl methyl sites for hydroxylation is 1. The summed E-state index contributed by atoms with van der Waals surface area (Å²) in [7, 11) is 0. The van der Waals surface area contributed by atoms with E-state index in [1.165, 1.54) is 17.2 Å². The molecule has 9 heteroatoms. The van der Waals surface area contributed by atoms with Crippen LogP contribution in [0.1, 0.15) is 53.8 Å². The van der Waals surface area contributed by atoms with Gasteiger partial charge < -0.3 is 4.90 Å². The van der Waals surface area contributed by atoms with Crippen LogP contribution >= 0.6 is 0 Å². The van der Waals surface area contributed by atoms with Crippen LogP contribution in [0, 0.1) is 6.92 Å². The molecule has 0 aliphatic carbocycles. The zero-order chi connectivity index (χ0) is 24.0. The Labute approximate surface area is 191 Å². The van der Waals surface area contributed by atoms with Crippen molar-refractivity contribution in [1.29, 1.82) is 0 Å². The van der Waals surface area contributed by atoms with Crippen molar-refractivity contribution in [3.8, 4) is 0 Å². The van der Waals surface area contributed by atoms with Gasteiger partial charge in [-0.15, -0.1) is 0 Å². The van der Waals surface area contributed by atoms with Crippen molar-refractivity contribution in [2.24, 2.45) is 0 Å². The number of rotatable bonds is 3. The normalized spacial score (nSPS) is 15.9. The number of alkyl halides is 3. The fourth-order valence-corrected chi connectivity index (χ4v) is 4.00. The Hall–Kier alpha value is -2.94. The van der Waals surface area contributed by atoms with Gasteiger partial charge in [0.05, 0.1) is 5.69 Å². The SMILES string of the molecule is Cc1cccc(CN2CCN(C(=O)c3cc4nc(C(C)(C)C)cc(C(F)(F)F)n4n3)CC2)c1. The number of piperazine rings is 1. The van der Waals surface area contributed by atoms with Gasteiger partial charge in [-0.3, -0.25) is 9.69 Å². The molecule has 2 aromatic heterocycles.